The highest BCUT2D eigenvalue weighted by Crippen LogP contribution is 2.11. The molecule has 24 heavy (non-hydrogen) atoms. The Balaban J connectivity index is 2.02. The molecule has 1 aromatic rings. The molecule has 0 bridgehead atoms. The van der Waals surface area contributed by atoms with Gasteiger partial charge in [0.25, 0.3) is 5.91 Å². The fourth-order valence-corrected chi connectivity index (χ4v) is 3.06. The van der Waals surface area contributed by atoms with Gasteiger partial charge in [0.1, 0.15) is 6.04 Å². The molecule has 5 heteroatoms. The van der Waals surface area contributed by atoms with Crippen LogP contribution in [0.3, 0.4) is 0 Å². The summed E-state index contributed by atoms with van der Waals surface area (Å²) >= 11 is 0. The molecule has 0 spiro atoms. The van der Waals surface area contributed by atoms with Crippen LogP contribution in [0.5, 0.6) is 0 Å². The van der Waals surface area contributed by atoms with Crippen LogP contribution >= 0.6 is 0 Å². The highest BCUT2D eigenvalue weighted by molar-refractivity contribution is 5.97. The summed E-state index contributed by atoms with van der Waals surface area (Å²) in [6, 6.07) is 7.23. The molecule has 3 unspecified atom stereocenters. The van der Waals surface area contributed by atoms with Crippen molar-refractivity contribution in [1.82, 2.24) is 16.0 Å². The van der Waals surface area contributed by atoms with Crippen molar-refractivity contribution >= 4 is 11.8 Å². The second-order valence-electron chi connectivity index (χ2n) is 7.06. The van der Waals surface area contributed by atoms with Crippen molar-refractivity contribution in [3.63, 3.8) is 0 Å². The van der Waals surface area contributed by atoms with Crippen LogP contribution in [0.2, 0.25) is 0 Å². The van der Waals surface area contributed by atoms with E-state index in [2.05, 4.69) is 22.9 Å². The predicted octanol–water partition coefficient (Wildman–Crippen LogP) is 2.01. The average molecular weight is 331 g/mol. The third-order valence-electron chi connectivity index (χ3n) is 4.61. The molecule has 0 radical (unpaired) electrons. The van der Waals surface area contributed by atoms with Crippen LogP contribution in [0.4, 0.5) is 0 Å². The molecule has 1 aliphatic heterocycles. The Hall–Kier alpha value is -1.88. The van der Waals surface area contributed by atoms with Gasteiger partial charge in [-0.05, 0) is 51.3 Å². The molecule has 1 aliphatic rings. The minimum Gasteiger partial charge on any atom is -0.350 e. The zero-order valence-electron chi connectivity index (χ0n) is 15.1. The lowest BCUT2D eigenvalue weighted by molar-refractivity contribution is -0.125. The van der Waals surface area contributed by atoms with Crippen LogP contribution in [-0.2, 0) is 4.79 Å². The standard InChI is InChI=1S/C19H29N3O2/c1-12(2)17(19(24)21-16-9-6-10-20-14(16)4)22-18(23)15-8-5-7-13(3)11-15/h5,7-8,11-12,14,16-17,20H,6,9-10H2,1-4H3,(H,21,24)(H,22,23). The van der Waals surface area contributed by atoms with Crippen LogP contribution in [0.25, 0.3) is 0 Å². The summed E-state index contributed by atoms with van der Waals surface area (Å²) in [6.45, 7) is 8.92. The average Bonchev–Trinajstić information content (AvgIpc) is 2.54. The number of benzene rings is 1. The first-order valence-electron chi connectivity index (χ1n) is 8.79. The minimum atomic E-state index is -0.535. The molecule has 2 rings (SSSR count). The first-order chi connectivity index (χ1) is 11.4. The van der Waals surface area contributed by atoms with Gasteiger partial charge in [-0.1, -0.05) is 31.5 Å². The minimum absolute atomic E-state index is 0.0191. The fraction of sp³-hybridized carbons (Fsp3) is 0.579. The van der Waals surface area contributed by atoms with Gasteiger partial charge in [0, 0.05) is 17.6 Å². The van der Waals surface area contributed by atoms with Gasteiger partial charge < -0.3 is 16.0 Å². The van der Waals surface area contributed by atoms with E-state index >= 15 is 0 Å². The Kier molecular flexibility index (Phi) is 6.37. The van der Waals surface area contributed by atoms with E-state index in [-0.39, 0.29) is 29.8 Å². The predicted molar refractivity (Wildman–Crippen MR) is 95.9 cm³/mol. The Morgan fingerprint density at radius 3 is 2.67 bits per heavy atom. The molecule has 3 N–H and O–H groups in total. The molecule has 1 heterocycles. The molecule has 2 amide bonds. The summed E-state index contributed by atoms with van der Waals surface area (Å²) in [7, 11) is 0. The van der Waals surface area contributed by atoms with Gasteiger partial charge in [0.15, 0.2) is 0 Å². The van der Waals surface area contributed by atoms with Crippen molar-refractivity contribution in [1.29, 1.82) is 0 Å². The third kappa shape index (κ3) is 4.81. The Morgan fingerprint density at radius 2 is 2.04 bits per heavy atom. The highest BCUT2D eigenvalue weighted by atomic mass is 16.2. The number of hydrogen-bond acceptors (Lipinski definition) is 3. The number of rotatable bonds is 5. The molecule has 3 atom stereocenters. The Morgan fingerprint density at radius 1 is 1.29 bits per heavy atom. The van der Waals surface area contributed by atoms with Crippen molar-refractivity contribution in [3.05, 3.63) is 35.4 Å². The fourth-order valence-electron chi connectivity index (χ4n) is 3.06. The van der Waals surface area contributed by atoms with Gasteiger partial charge in [-0.25, -0.2) is 0 Å². The quantitative estimate of drug-likeness (QED) is 0.773. The zero-order chi connectivity index (χ0) is 17.7. The molecule has 1 saturated heterocycles. The number of amides is 2. The highest BCUT2D eigenvalue weighted by Gasteiger charge is 2.29. The van der Waals surface area contributed by atoms with Crippen molar-refractivity contribution in [2.24, 2.45) is 5.92 Å². The molecule has 0 aliphatic carbocycles. The van der Waals surface area contributed by atoms with Crippen LogP contribution in [0, 0.1) is 12.8 Å². The summed E-state index contributed by atoms with van der Waals surface area (Å²) in [6.07, 6.45) is 2.02. The number of nitrogens with one attached hydrogen (secondary N) is 3. The van der Waals surface area contributed by atoms with Crippen LogP contribution in [0.15, 0.2) is 24.3 Å². The lowest BCUT2D eigenvalue weighted by Gasteiger charge is -2.32. The normalized spacial score (nSPS) is 22.0. The number of carbonyl (C=O) groups excluding carboxylic acids is 2. The van der Waals surface area contributed by atoms with E-state index in [1.807, 2.05) is 39.0 Å². The monoisotopic (exact) mass is 331 g/mol. The van der Waals surface area contributed by atoms with E-state index < -0.39 is 6.04 Å². The molecular weight excluding hydrogens is 302 g/mol. The van der Waals surface area contributed by atoms with Crippen molar-refractivity contribution in [2.75, 3.05) is 6.54 Å². The lowest BCUT2D eigenvalue weighted by atomic mass is 9.97. The van der Waals surface area contributed by atoms with Gasteiger partial charge in [0.05, 0.1) is 0 Å². The summed E-state index contributed by atoms with van der Waals surface area (Å²) in [5.74, 6) is -0.292. The Labute approximate surface area is 144 Å². The molecular formula is C19H29N3O2. The van der Waals surface area contributed by atoms with Gasteiger partial charge in [0.2, 0.25) is 5.91 Å². The second-order valence-corrected chi connectivity index (χ2v) is 7.06. The van der Waals surface area contributed by atoms with E-state index in [0.29, 0.717) is 5.56 Å². The Bertz CT molecular complexity index is 586. The summed E-state index contributed by atoms with van der Waals surface area (Å²) in [4.78, 5) is 25.1. The SMILES string of the molecule is Cc1cccc(C(=O)NC(C(=O)NC2CCCNC2C)C(C)C)c1. The van der Waals surface area contributed by atoms with Crippen LogP contribution in [0.1, 0.15) is 49.5 Å². The van der Waals surface area contributed by atoms with E-state index in [1.54, 1.807) is 6.07 Å². The molecule has 0 aromatic heterocycles. The first kappa shape index (κ1) is 18.5. The first-order valence-corrected chi connectivity index (χ1v) is 8.79. The zero-order valence-corrected chi connectivity index (χ0v) is 15.1. The van der Waals surface area contributed by atoms with Gasteiger partial charge in [-0.3, -0.25) is 9.59 Å². The lowest BCUT2D eigenvalue weighted by Crippen LogP contribution is -2.57. The summed E-state index contributed by atoms with van der Waals surface area (Å²) in [5.41, 5.74) is 1.61. The molecule has 1 aromatic carbocycles. The summed E-state index contributed by atoms with van der Waals surface area (Å²) in [5, 5.41) is 9.37. The van der Waals surface area contributed by atoms with Crippen molar-refractivity contribution in [2.45, 2.75) is 58.7 Å². The second kappa shape index (κ2) is 8.29. The smallest absolute Gasteiger partial charge is 0.251 e. The van der Waals surface area contributed by atoms with Gasteiger partial charge >= 0.3 is 0 Å². The molecule has 1 fully saturated rings. The van der Waals surface area contributed by atoms with Crippen molar-refractivity contribution < 1.29 is 9.59 Å². The topological polar surface area (TPSA) is 70.2 Å². The van der Waals surface area contributed by atoms with Crippen molar-refractivity contribution in [3.8, 4) is 0 Å². The maximum absolute atomic E-state index is 12.7. The number of carbonyl (C=O) groups is 2. The maximum Gasteiger partial charge on any atom is 0.251 e. The van der Waals surface area contributed by atoms with E-state index in [0.717, 1.165) is 24.9 Å². The number of hydrogen-bond donors (Lipinski definition) is 3. The molecule has 0 saturated carbocycles. The largest absolute Gasteiger partial charge is 0.350 e. The number of aryl methyl sites for hydroxylation is 1. The van der Waals surface area contributed by atoms with Gasteiger partial charge in [-0.15, -0.1) is 0 Å². The van der Waals surface area contributed by atoms with E-state index in [1.165, 1.54) is 0 Å². The summed E-state index contributed by atoms with van der Waals surface area (Å²) < 4.78 is 0. The van der Waals surface area contributed by atoms with Crippen LogP contribution in [-0.4, -0.2) is 36.5 Å². The molecule has 132 valence electrons. The molecule has 5 nitrogen and oxygen atoms in total. The number of piperidine rings is 1. The van der Waals surface area contributed by atoms with E-state index in [9.17, 15) is 9.59 Å². The third-order valence-corrected chi connectivity index (χ3v) is 4.61. The maximum atomic E-state index is 12.7. The van der Waals surface area contributed by atoms with E-state index in [4.69, 9.17) is 0 Å². The van der Waals surface area contributed by atoms with Gasteiger partial charge in [-0.2, -0.15) is 0 Å². The van der Waals surface area contributed by atoms with Crippen LogP contribution < -0.4 is 16.0 Å².